The monoisotopic (exact) mass is 1070 g/mol. The predicted molar refractivity (Wildman–Crippen MR) is 319 cm³/mol. The summed E-state index contributed by atoms with van der Waals surface area (Å²) in [6.07, 6.45) is 33.8. The SMILES string of the molecule is CCCCCCCCCCCCCCOc1ccc(C=Nc2ccc(C(=O)Oc3cccc(-c4ccc(OC(=O)c5ccc(N=Cc6ccc(OCCCCCCCCCCCCCC)cc6O)cc5)c(F)c4)c3)cc2)c(O)c1. The molecule has 0 atom stereocenters. The maximum atomic E-state index is 15.4. The van der Waals surface area contributed by atoms with E-state index in [1.54, 1.807) is 97.2 Å². The van der Waals surface area contributed by atoms with Crippen LogP contribution in [0.5, 0.6) is 34.5 Å². The molecule has 6 aromatic carbocycles. The van der Waals surface area contributed by atoms with Crippen molar-refractivity contribution in [2.75, 3.05) is 13.2 Å². The number of ether oxygens (including phenoxy) is 4. The molecule has 6 rings (SSSR count). The zero-order chi connectivity index (χ0) is 55.7. The van der Waals surface area contributed by atoms with Crippen LogP contribution in [0.3, 0.4) is 0 Å². The maximum absolute atomic E-state index is 15.4. The molecule has 0 radical (unpaired) electrons. The van der Waals surface area contributed by atoms with Crippen LogP contribution in [0.2, 0.25) is 0 Å². The molecule has 0 bridgehead atoms. The standard InChI is InChI=1S/C68H83FN2O8/c1-3-5-7-9-11-13-15-17-19-21-23-25-44-76-60-41-34-56(64(72)48-60)50-70-58-37-30-52(31-38-58)67(74)78-62-29-27-28-54(46-62)55-36-43-66(63(69)47-55)79-68(75)53-32-39-59(40-33-53)71-51-57-35-42-61(49-65(57)73)77-45-26-24-22-20-18-16-14-12-10-8-6-4-2/h27-43,46-51,72-73H,3-26,44-45H2,1-2H3. The smallest absolute Gasteiger partial charge is 0.343 e. The number of aliphatic imine (C=N–C) groups is 2. The number of unbranched alkanes of at least 4 members (excludes halogenated alkanes) is 22. The van der Waals surface area contributed by atoms with Crippen molar-refractivity contribution >= 4 is 35.7 Å². The number of aromatic hydroxyl groups is 2. The Morgan fingerprint density at radius 1 is 0.430 bits per heavy atom. The summed E-state index contributed by atoms with van der Waals surface area (Å²) < 4.78 is 38.3. The minimum Gasteiger partial charge on any atom is -0.507 e. The summed E-state index contributed by atoms with van der Waals surface area (Å²) in [6.45, 7) is 5.72. The maximum Gasteiger partial charge on any atom is 0.343 e. The van der Waals surface area contributed by atoms with E-state index in [0.717, 1.165) is 25.7 Å². The third kappa shape index (κ3) is 22.5. The van der Waals surface area contributed by atoms with Gasteiger partial charge in [-0.25, -0.2) is 14.0 Å². The van der Waals surface area contributed by atoms with E-state index in [4.69, 9.17) is 18.9 Å². The Labute approximate surface area is 469 Å². The molecular weight excluding hydrogens is 992 g/mol. The highest BCUT2D eigenvalue weighted by molar-refractivity contribution is 5.93. The number of esters is 2. The third-order valence-corrected chi connectivity index (χ3v) is 14.0. The first-order valence-corrected chi connectivity index (χ1v) is 29.2. The number of hydrogen-bond donors (Lipinski definition) is 2. The molecule has 11 heteroatoms. The number of benzene rings is 6. The second-order valence-corrected chi connectivity index (χ2v) is 20.5. The Bertz CT molecular complexity index is 2810. The van der Waals surface area contributed by atoms with E-state index >= 15 is 4.39 Å². The fourth-order valence-electron chi connectivity index (χ4n) is 9.19. The summed E-state index contributed by atoms with van der Waals surface area (Å²) in [5.74, 6) is -0.749. The average Bonchev–Trinajstić information content (AvgIpc) is 3.48. The fourth-order valence-corrected chi connectivity index (χ4v) is 9.19. The number of carbonyl (C=O) groups excluding carboxylic acids is 2. The van der Waals surface area contributed by atoms with Crippen LogP contribution >= 0.6 is 0 Å². The molecule has 0 saturated heterocycles. The lowest BCUT2D eigenvalue weighted by molar-refractivity contribution is 0.0721. The van der Waals surface area contributed by atoms with Crippen LogP contribution in [-0.2, 0) is 0 Å². The van der Waals surface area contributed by atoms with Gasteiger partial charge in [-0.1, -0.05) is 173 Å². The number of halogens is 1. The number of rotatable bonds is 37. The van der Waals surface area contributed by atoms with Gasteiger partial charge in [0.1, 0.15) is 28.7 Å². The lowest BCUT2D eigenvalue weighted by Gasteiger charge is -2.10. The van der Waals surface area contributed by atoms with Crippen LogP contribution in [0.4, 0.5) is 15.8 Å². The Balaban J connectivity index is 0.885. The molecule has 0 amide bonds. The molecule has 0 aliphatic heterocycles. The first kappa shape index (κ1) is 61.0. The van der Waals surface area contributed by atoms with Crippen molar-refractivity contribution in [1.82, 2.24) is 0 Å². The first-order chi connectivity index (χ1) is 38.7. The van der Waals surface area contributed by atoms with Crippen LogP contribution in [0.15, 0.2) is 137 Å². The minimum atomic E-state index is -0.751. The van der Waals surface area contributed by atoms with Crippen molar-refractivity contribution in [2.24, 2.45) is 9.98 Å². The van der Waals surface area contributed by atoms with E-state index in [2.05, 4.69) is 23.8 Å². The van der Waals surface area contributed by atoms with Gasteiger partial charge in [0, 0.05) is 35.7 Å². The molecule has 420 valence electrons. The van der Waals surface area contributed by atoms with Gasteiger partial charge in [-0.15, -0.1) is 0 Å². The van der Waals surface area contributed by atoms with Crippen molar-refractivity contribution in [1.29, 1.82) is 0 Å². The number of hydrogen-bond acceptors (Lipinski definition) is 10. The quantitative estimate of drug-likeness (QED) is 0.0170. The summed E-state index contributed by atoms with van der Waals surface area (Å²) in [5.41, 5.74) is 3.72. The summed E-state index contributed by atoms with van der Waals surface area (Å²) in [7, 11) is 0. The van der Waals surface area contributed by atoms with Crippen LogP contribution in [-0.4, -0.2) is 47.8 Å². The van der Waals surface area contributed by atoms with Crippen LogP contribution in [0, 0.1) is 5.82 Å². The normalized spacial score (nSPS) is 11.4. The zero-order valence-electron chi connectivity index (χ0n) is 46.8. The van der Waals surface area contributed by atoms with Gasteiger partial charge in [-0.3, -0.25) is 9.98 Å². The van der Waals surface area contributed by atoms with E-state index in [1.165, 1.54) is 159 Å². The second kappa shape index (κ2) is 35.3. The zero-order valence-corrected chi connectivity index (χ0v) is 46.8. The molecule has 0 unspecified atom stereocenters. The van der Waals surface area contributed by atoms with Gasteiger partial charge >= 0.3 is 11.9 Å². The third-order valence-electron chi connectivity index (χ3n) is 14.0. The number of carbonyl (C=O) groups is 2. The Kier molecular flexibility index (Phi) is 27.2. The molecule has 0 saturated carbocycles. The van der Waals surface area contributed by atoms with E-state index in [-0.39, 0.29) is 28.6 Å². The Morgan fingerprint density at radius 2 is 0.835 bits per heavy atom. The topological polar surface area (TPSA) is 136 Å². The second-order valence-electron chi connectivity index (χ2n) is 20.5. The van der Waals surface area contributed by atoms with Crippen LogP contribution in [0.1, 0.15) is 200 Å². The molecule has 0 heterocycles. The molecule has 2 N–H and O–H groups in total. The van der Waals surface area contributed by atoms with Crippen LogP contribution in [0.25, 0.3) is 11.1 Å². The van der Waals surface area contributed by atoms with Gasteiger partial charge < -0.3 is 29.2 Å². The lowest BCUT2D eigenvalue weighted by atomic mass is 10.1. The number of phenols is 2. The predicted octanol–water partition coefficient (Wildman–Crippen LogP) is 19.0. The van der Waals surface area contributed by atoms with E-state index in [0.29, 0.717) is 63.9 Å². The van der Waals surface area contributed by atoms with Gasteiger partial charge in [0.2, 0.25) is 0 Å². The molecule has 0 fully saturated rings. The van der Waals surface area contributed by atoms with Crippen molar-refractivity contribution in [3.63, 3.8) is 0 Å². The van der Waals surface area contributed by atoms with Gasteiger partial charge in [0.05, 0.1) is 35.7 Å². The van der Waals surface area contributed by atoms with E-state index in [9.17, 15) is 19.8 Å². The number of nitrogens with zero attached hydrogens (tertiary/aromatic N) is 2. The first-order valence-electron chi connectivity index (χ1n) is 29.2. The molecule has 6 aromatic rings. The molecular formula is C68H83FN2O8. The summed E-state index contributed by atoms with van der Waals surface area (Å²) in [5, 5.41) is 21.3. The molecule has 79 heavy (non-hydrogen) atoms. The Hall–Kier alpha value is -7.27. The number of phenolic OH excluding ortho intramolecular Hbond substituents is 2. The fraction of sp³-hybridized carbons (Fsp3) is 0.412. The molecule has 0 spiro atoms. The molecule has 0 aliphatic rings. The highest BCUT2D eigenvalue weighted by atomic mass is 19.1. The van der Waals surface area contributed by atoms with Gasteiger partial charge in [0.25, 0.3) is 0 Å². The van der Waals surface area contributed by atoms with Crippen LogP contribution < -0.4 is 18.9 Å². The van der Waals surface area contributed by atoms with Crippen molar-refractivity contribution in [3.8, 4) is 45.6 Å². The molecule has 10 nitrogen and oxygen atoms in total. The van der Waals surface area contributed by atoms with Gasteiger partial charge in [-0.05, 0) is 121 Å². The van der Waals surface area contributed by atoms with Gasteiger partial charge in [-0.2, -0.15) is 0 Å². The summed E-state index contributed by atoms with van der Waals surface area (Å²) in [6, 6.07) is 34.2. The summed E-state index contributed by atoms with van der Waals surface area (Å²) >= 11 is 0. The largest absolute Gasteiger partial charge is 0.507 e. The van der Waals surface area contributed by atoms with Crippen molar-refractivity contribution < 1.29 is 43.1 Å². The lowest BCUT2D eigenvalue weighted by Crippen LogP contribution is -2.09. The molecule has 0 aliphatic carbocycles. The Morgan fingerprint density at radius 3 is 1.25 bits per heavy atom. The van der Waals surface area contributed by atoms with Crippen molar-refractivity contribution in [2.45, 2.75) is 168 Å². The summed E-state index contributed by atoms with van der Waals surface area (Å²) in [4.78, 5) is 35.1. The van der Waals surface area contributed by atoms with Gasteiger partial charge in [0.15, 0.2) is 11.6 Å². The molecule has 0 aromatic heterocycles. The average molecular weight is 1080 g/mol. The van der Waals surface area contributed by atoms with E-state index < -0.39 is 17.8 Å². The minimum absolute atomic E-state index is 0.0491. The van der Waals surface area contributed by atoms with E-state index in [1.807, 2.05) is 12.1 Å². The highest BCUT2D eigenvalue weighted by Gasteiger charge is 2.15. The highest BCUT2D eigenvalue weighted by Crippen LogP contribution is 2.31. The van der Waals surface area contributed by atoms with Crippen molar-refractivity contribution in [3.05, 3.63) is 155 Å².